The second-order valence-electron chi connectivity index (χ2n) is 8.92. The van der Waals surface area contributed by atoms with E-state index in [9.17, 15) is 28.2 Å². The van der Waals surface area contributed by atoms with E-state index in [4.69, 9.17) is 0 Å². The van der Waals surface area contributed by atoms with Crippen LogP contribution in [0.3, 0.4) is 0 Å². The zero-order valence-electron chi connectivity index (χ0n) is 19.9. The molecule has 5 rings (SSSR count). The summed E-state index contributed by atoms with van der Waals surface area (Å²) in [4.78, 5) is 19.1. The molecule has 3 aromatic carbocycles. The lowest BCUT2D eigenvalue weighted by molar-refractivity contribution is -0.137. The predicted molar refractivity (Wildman–Crippen MR) is 141 cm³/mol. The monoisotopic (exact) mass is 536 g/mol. The molecular weight excluding hydrogens is 513 g/mol. The number of pyridine rings is 1. The molecule has 1 aromatic heterocycles. The van der Waals surface area contributed by atoms with Gasteiger partial charge in [-0.3, -0.25) is 9.78 Å². The Bertz CT molecular complexity index is 1400. The van der Waals surface area contributed by atoms with Gasteiger partial charge in [0, 0.05) is 23.8 Å². The van der Waals surface area contributed by atoms with Gasteiger partial charge in [-0.1, -0.05) is 42.5 Å². The summed E-state index contributed by atoms with van der Waals surface area (Å²) in [5, 5.41) is 19.9. The molecule has 194 valence electrons. The van der Waals surface area contributed by atoms with Crippen LogP contribution in [0, 0.1) is 0 Å². The Balaban J connectivity index is 1.34. The first kappa shape index (κ1) is 25.8. The van der Waals surface area contributed by atoms with Crippen LogP contribution in [0.15, 0.2) is 97.3 Å². The summed E-state index contributed by atoms with van der Waals surface area (Å²) in [7, 11) is 0. The average molecular weight is 537 g/mol. The highest BCUT2D eigenvalue weighted by atomic mass is 32.2. The molecule has 0 bridgehead atoms. The van der Waals surface area contributed by atoms with Crippen molar-refractivity contribution in [1.29, 1.82) is 0 Å². The maximum absolute atomic E-state index is 13.3. The lowest BCUT2D eigenvalue weighted by Crippen LogP contribution is -2.57. The number of anilines is 1. The molecule has 0 unspecified atom stereocenters. The van der Waals surface area contributed by atoms with E-state index in [1.807, 2.05) is 36.4 Å². The van der Waals surface area contributed by atoms with E-state index in [0.29, 0.717) is 11.3 Å². The van der Waals surface area contributed by atoms with Crippen LogP contribution in [0.2, 0.25) is 0 Å². The van der Waals surface area contributed by atoms with Gasteiger partial charge in [0.1, 0.15) is 11.0 Å². The number of aromatic hydroxyl groups is 1. The van der Waals surface area contributed by atoms with Crippen molar-refractivity contribution in [3.63, 3.8) is 0 Å². The number of hydrogen-bond donors (Lipinski definition) is 2. The van der Waals surface area contributed by atoms with Crippen molar-refractivity contribution in [2.45, 2.75) is 23.6 Å². The third kappa shape index (κ3) is 5.25. The number of rotatable bonds is 7. The fourth-order valence-electron chi connectivity index (χ4n) is 4.44. The molecule has 0 aliphatic carbocycles. The number of carbonyl (C=O) groups excluding carboxylic acids is 1. The maximum atomic E-state index is 13.3. The van der Waals surface area contributed by atoms with Crippen molar-refractivity contribution < 1.29 is 28.2 Å². The summed E-state index contributed by atoms with van der Waals surface area (Å²) in [6.07, 6.45) is -2.03. The summed E-state index contributed by atoms with van der Waals surface area (Å²) in [6.45, 7) is 0. The van der Waals surface area contributed by atoms with Crippen molar-refractivity contribution in [3.05, 3.63) is 114 Å². The smallest absolute Gasteiger partial charge is 0.416 e. The molecule has 3 atom stereocenters. The number of thioether (sulfide) groups is 1. The van der Waals surface area contributed by atoms with E-state index in [1.54, 1.807) is 41.6 Å². The first-order valence-corrected chi connectivity index (χ1v) is 12.9. The van der Waals surface area contributed by atoms with Gasteiger partial charge < -0.3 is 15.1 Å². The number of aliphatic hydroxyl groups excluding tert-OH is 1. The fraction of sp³-hybridized carbons (Fsp3) is 0.172. The van der Waals surface area contributed by atoms with Crippen molar-refractivity contribution >= 4 is 23.4 Å². The number of halogens is 3. The summed E-state index contributed by atoms with van der Waals surface area (Å²) in [5.74, 6) is 0.0972. The molecule has 1 amide bonds. The van der Waals surface area contributed by atoms with Gasteiger partial charge >= 0.3 is 6.18 Å². The molecular formula is C29H23F3N2O3S. The van der Waals surface area contributed by atoms with E-state index < -0.39 is 23.1 Å². The normalized spacial score (nSPS) is 18.2. The minimum absolute atomic E-state index is 0.105. The molecule has 9 heteroatoms. The zero-order valence-corrected chi connectivity index (χ0v) is 20.7. The molecule has 5 nitrogen and oxygen atoms in total. The van der Waals surface area contributed by atoms with E-state index in [0.717, 1.165) is 28.8 Å². The van der Waals surface area contributed by atoms with Gasteiger partial charge in [-0.25, -0.2) is 0 Å². The van der Waals surface area contributed by atoms with Crippen LogP contribution in [0.4, 0.5) is 18.9 Å². The van der Waals surface area contributed by atoms with Crippen molar-refractivity contribution in [1.82, 2.24) is 4.98 Å². The number of aromatic nitrogens is 1. The summed E-state index contributed by atoms with van der Waals surface area (Å²) < 4.78 is 38.6. The second-order valence-corrected chi connectivity index (χ2v) is 10.1. The van der Waals surface area contributed by atoms with E-state index in [1.165, 1.54) is 23.9 Å². The van der Waals surface area contributed by atoms with Crippen LogP contribution >= 0.6 is 11.8 Å². The number of nitrogens with zero attached hydrogens (tertiary/aromatic N) is 2. The number of hydrogen-bond acceptors (Lipinski definition) is 5. The summed E-state index contributed by atoms with van der Waals surface area (Å²) in [6, 6.07) is 22.0. The zero-order chi connectivity index (χ0) is 26.9. The quantitative estimate of drug-likeness (QED) is 0.268. The van der Waals surface area contributed by atoms with Crippen LogP contribution in [0.5, 0.6) is 5.75 Å². The van der Waals surface area contributed by atoms with Gasteiger partial charge in [-0.2, -0.15) is 13.2 Å². The minimum Gasteiger partial charge on any atom is -0.508 e. The topological polar surface area (TPSA) is 73.7 Å². The highest BCUT2D eigenvalue weighted by Crippen LogP contribution is 2.46. The summed E-state index contributed by atoms with van der Waals surface area (Å²) >= 11 is 1.26. The molecule has 0 radical (unpaired) electrons. The number of aliphatic hydroxyl groups is 1. The standard InChI is InChI=1S/C29H23F3N2O3S/c30-29(31,32)22-9-3-19(4-10-22)25(36)17-38-27-26(20-7-13-24(35)14-8-20)34(28(27)37)23-11-5-18(6-12-23)21-2-1-15-33-16-21/h1-16,25-27,35-36H,17H2/t25-,26-,27-/m1/s1. The van der Waals surface area contributed by atoms with E-state index >= 15 is 0 Å². The van der Waals surface area contributed by atoms with E-state index in [2.05, 4.69) is 4.98 Å². The number of phenols is 1. The fourth-order valence-corrected chi connectivity index (χ4v) is 5.74. The molecule has 0 saturated carbocycles. The van der Waals surface area contributed by atoms with Crippen LogP contribution in [-0.4, -0.2) is 32.1 Å². The molecule has 1 aliphatic rings. The molecule has 2 heterocycles. The molecule has 1 saturated heterocycles. The Hall–Kier alpha value is -3.82. The van der Waals surface area contributed by atoms with Crippen LogP contribution < -0.4 is 4.90 Å². The first-order chi connectivity index (χ1) is 18.2. The van der Waals surface area contributed by atoms with Gasteiger partial charge in [0.25, 0.3) is 0 Å². The number of carbonyl (C=O) groups is 1. The van der Waals surface area contributed by atoms with Crippen LogP contribution in [0.25, 0.3) is 11.1 Å². The molecule has 4 aromatic rings. The minimum atomic E-state index is -4.45. The lowest BCUT2D eigenvalue weighted by atomic mass is 9.92. The number of phenolic OH excluding ortho intramolecular Hbond substituents is 1. The number of benzene rings is 3. The van der Waals surface area contributed by atoms with Gasteiger partial charge in [0.15, 0.2) is 0 Å². The first-order valence-electron chi connectivity index (χ1n) is 11.8. The van der Waals surface area contributed by atoms with Gasteiger partial charge in [0.05, 0.1) is 17.7 Å². The lowest BCUT2D eigenvalue weighted by Gasteiger charge is -2.47. The van der Waals surface area contributed by atoms with Crippen molar-refractivity contribution in [2.24, 2.45) is 0 Å². The molecule has 2 N–H and O–H groups in total. The Morgan fingerprint density at radius 2 is 1.61 bits per heavy atom. The maximum Gasteiger partial charge on any atom is 0.416 e. The van der Waals surface area contributed by atoms with Crippen molar-refractivity contribution in [3.8, 4) is 16.9 Å². The SMILES string of the molecule is O=C1[C@H](SC[C@@H](O)c2ccc(C(F)(F)F)cc2)[C@@H](c2ccc(O)cc2)N1c1ccc(-c2cccnc2)cc1. The third-order valence-corrected chi connectivity index (χ3v) is 7.80. The highest BCUT2D eigenvalue weighted by Gasteiger charge is 2.49. The van der Waals surface area contributed by atoms with Gasteiger partial charge in [0.2, 0.25) is 5.91 Å². The number of β-lactam (4-membered cyclic amide) rings is 1. The summed E-state index contributed by atoms with van der Waals surface area (Å²) in [5.41, 5.74) is 3.01. The Labute approximate surface area is 221 Å². The van der Waals surface area contributed by atoms with Gasteiger partial charge in [-0.05, 0) is 64.7 Å². The Morgan fingerprint density at radius 3 is 2.21 bits per heavy atom. The van der Waals surface area contributed by atoms with Crippen molar-refractivity contribution in [2.75, 3.05) is 10.7 Å². The average Bonchev–Trinajstić information content (AvgIpc) is 2.92. The highest BCUT2D eigenvalue weighted by molar-refractivity contribution is 8.00. The van der Waals surface area contributed by atoms with Crippen LogP contribution in [0.1, 0.15) is 28.8 Å². The molecule has 0 spiro atoms. The Morgan fingerprint density at radius 1 is 0.921 bits per heavy atom. The largest absolute Gasteiger partial charge is 0.508 e. The third-order valence-electron chi connectivity index (χ3n) is 6.48. The predicted octanol–water partition coefficient (Wildman–Crippen LogP) is 6.40. The van der Waals surface area contributed by atoms with Crippen LogP contribution in [-0.2, 0) is 11.0 Å². The number of amides is 1. The second kappa shape index (κ2) is 10.5. The van der Waals surface area contributed by atoms with E-state index in [-0.39, 0.29) is 23.5 Å². The molecule has 1 fully saturated rings. The molecule has 38 heavy (non-hydrogen) atoms. The Kier molecular flexibility index (Phi) is 7.14. The number of alkyl halides is 3. The van der Waals surface area contributed by atoms with Gasteiger partial charge in [-0.15, -0.1) is 11.8 Å². The molecule has 1 aliphatic heterocycles.